The van der Waals surface area contributed by atoms with Crippen molar-refractivity contribution < 1.29 is 14.0 Å². The van der Waals surface area contributed by atoms with E-state index in [-0.39, 0.29) is 30.2 Å². The average molecular weight is 269 g/mol. The largest absolute Gasteiger partial charge is 0.467 e. The lowest BCUT2D eigenvalue weighted by atomic mass is 9.63. The van der Waals surface area contributed by atoms with E-state index in [9.17, 15) is 9.59 Å². The van der Waals surface area contributed by atoms with Crippen molar-refractivity contribution in [3.05, 3.63) is 36.3 Å². The fraction of sp³-hybridized carbons (Fsp3) is 0.500. The Balaban J connectivity index is 1.51. The molecule has 20 heavy (non-hydrogen) atoms. The van der Waals surface area contributed by atoms with E-state index in [1.807, 2.05) is 6.07 Å². The predicted molar refractivity (Wildman–Crippen MR) is 69.0 cm³/mol. The van der Waals surface area contributed by atoms with E-state index < -0.39 is 0 Å². The first kappa shape index (κ1) is 10.9. The van der Waals surface area contributed by atoms with Crippen LogP contribution in [0.2, 0.25) is 0 Å². The van der Waals surface area contributed by atoms with E-state index in [2.05, 4.69) is 12.2 Å². The van der Waals surface area contributed by atoms with Crippen molar-refractivity contribution in [2.24, 2.45) is 35.5 Å². The zero-order valence-corrected chi connectivity index (χ0v) is 10.9. The topological polar surface area (TPSA) is 50.5 Å². The minimum Gasteiger partial charge on any atom is -0.467 e. The fourth-order valence-corrected chi connectivity index (χ4v) is 4.73. The van der Waals surface area contributed by atoms with E-state index in [0.717, 1.165) is 0 Å². The summed E-state index contributed by atoms with van der Waals surface area (Å²) in [6.07, 6.45) is 7.17. The van der Waals surface area contributed by atoms with Crippen LogP contribution in [0.4, 0.5) is 0 Å². The SMILES string of the molecule is O=C1[C@H]2[C@@H]3C=C[C@H]([C@H]4C[C@H]34)[C@@H]2C(=O)N1Cc1ccco1. The Morgan fingerprint density at radius 3 is 2.30 bits per heavy atom. The van der Waals surface area contributed by atoms with Crippen molar-refractivity contribution in [2.75, 3.05) is 0 Å². The van der Waals surface area contributed by atoms with Crippen molar-refractivity contribution in [1.82, 2.24) is 4.90 Å². The molecule has 102 valence electrons. The quantitative estimate of drug-likeness (QED) is 0.608. The molecule has 5 aliphatic rings. The molecule has 4 nitrogen and oxygen atoms in total. The highest BCUT2D eigenvalue weighted by atomic mass is 16.3. The number of hydrogen-bond donors (Lipinski definition) is 0. The number of amides is 2. The van der Waals surface area contributed by atoms with Gasteiger partial charge in [-0.15, -0.1) is 0 Å². The lowest BCUT2D eigenvalue weighted by Crippen LogP contribution is -2.40. The van der Waals surface area contributed by atoms with Gasteiger partial charge in [0.15, 0.2) is 0 Å². The molecule has 2 heterocycles. The summed E-state index contributed by atoms with van der Waals surface area (Å²) < 4.78 is 5.28. The van der Waals surface area contributed by atoms with Gasteiger partial charge in [0.05, 0.1) is 24.6 Å². The monoisotopic (exact) mass is 269 g/mol. The van der Waals surface area contributed by atoms with Crippen LogP contribution in [0.15, 0.2) is 35.0 Å². The molecule has 2 amide bonds. The number of carbonyl (C=O) groups excluding carboxylic acids is 2. The summed E-state index contributed by atoms with van der Waals surface area (Å²) in [6, 6.07) is 3.60. The van der Waals surface area contributed by atoms with Gasteiger partial charge in [0.25, 0.3) is 0 Å². The smallest absolute Gasteiger partial charge is 0.234 e. The normalized spacial score (nSPS) is 43.9. The summed E-state index contributed by atoms with van der Waals surface area (Å²) >= 11 is 0. The molecule has 0 aromatic carbocycles. The molecule has 4 aliphatic carbocycles. The van der Waals surface area contributed by atoms with Gasteiger partial charge in [-0.1, -0.05) is 12.2 Å². The highest BCUT2D eigenvalue weighted by molar-refractivity contribution is 6.06. The Hall–Kier alpha value is -1.84. The standard InChI is InChI=1S/C16H15NO3/c18-15-13-9-3-4-10(12-6-11(9)12)14(13)16(19)17(15)7-8-2-1-5-20-8/h1-5,9-14H,6-7H2/t9-,10-,11-,12-,13+,14+/m1/s1. The zero-order valence-electron chi connectivity index (χ0n) is 10.9. The maximum atomic E-state index is 12.7. The second-order valence-corrected chi connectivity index (χ2v) is 6.50. The molecular weight excluding hydrogens is 254 g/mol. The van der Waals surface area contributed by atoms with Gasteiger partial charge in [-0.3, -0.25) is 14.5 Å². The van der Waals surface area contributed by atoms with Crippen molar-refractivity contribution >= 4 is 11.8 Å². The minimum absolute atomic E-state index is 0.0149. The Labute approximate surface area is 116 Å². The summed E-state index contributed by atoms with van der Waals surface area (Å²) in [6.45, 7) is 0.284. The van der Waals surface area contributed by atoms with Gasteiger partial charge >= 0.3 is 0 Å². The molecule has 1 aromatic heterocycles. The number of rotatable bonds is 2. The van der Waals surface area contributed by atoms with Crippen molar-refractivity contribution in [2.45, 2.75) is 13.0 Å². The molecule has 0 radical (unpaired) electrons. The lowest BCUT2D eigenvalue weighted by Gasteiger charge is -2.37. The van der Waals surface area contributed by atoms with Crippen LogP contribution in [-0.4, -0.2) is 16.7 Å². The van der Waals surface area contributed by atoms with Gasteiger partial charge in [0, 0.05) is 0 Å². The third kappa shape index (κ3) is 1.18. The fourth-order valence-electron chi connectivity index (χ4n) is 4.73. The molecule has 0 N–H and O–H groups in total. The minimum atomic E-state index is -0.101. The Bertz CT molecular complexity index is 596. The van der Waals surface area contributed by atoms with Gasteiger partial charge in [0.2, 0.25) is 11.8 Å². The number of hydrogen-bond acceptors (Lipinski definition) is 3. The van der Waals surface area contributed by atoms with Gasteiger partial charge in [0.1, 0.15) is 5.76 Å². The van der Waals surface area contributed by atoms with Crippen LogP contribution in [0.1, 0.15) is 12.2 Å². The van der Waals surface area contributed by atoms with Crippen molar-refractivity contribution in [3.63, 3.8) is 0 Å². The first-order valence-electron chi connectivity index (χ1n) is 7.31. The van der Waals surface area contributed by atoms with E-state index in [4.69, 9.17) is 4.42 Å². The highest BCUT2D eigenvalue weighted by Gasteiger charge is 2.66. The zero-order chi connectivity index (χ0) is 13.4. The van der Waals surface area contributed by atoms with Gasteiger partial charge in [-0.2, -0.15) is 0 Å². The summed E-state index contributed by atoms with van der Waals surface area (Å²) in [7, 11) is 0. The summed E-state index contributed by atoms with van der Waals surface area (Å²) in [5, 5.41) is 0. The molecule has 2 bridgehead atoms. The number of furan rings is 1. The van der Waals surface area contributed by atoms with E-state index in [1.165, 1.54) is 11.3 Å². The first-order chi connectivity index (χ1) is 9.75. The van der Waals surface area contributed by atoms with Crippen LogP contribution in [0, 0.1) is 35.5 Å². The lowest BCUT2D eigenvalue weighted by molar-refractivity contribution is -0.141. The Morgan fingerprint density at radius 2 is 1.75 bits per heavy atom. The van der Waals surface area contributed by atoms with Crippen LogP contribution >= 0.6 is 0 Å². The molecule has 0 unspecified atom stereocenters. The Morgan fingerprint density at radius 1 is 1.10 bits per heavy atom. The number of allylic oxidation sites excluding steroid dienone is 2. The van der Waals surface area contributed by atoms with E-state index in [0.29, 0.717) is 29.4 Å². The highest BCUT2D eigenvalue weighted by Crippen LogP contribution is 2.65. The second kappa shape index (κ2) is 3.43. The molecule has 4 heteroatoms. The molecule has 6 atom stereocenters. The van der Waals surface area contributed by atoms with Gasteiger partial charge in [-0.25, -0.2) is 0 Å². The van der Waals surface area contributed by atoms with Crippen LogP contribution in [0.5, 0.6) is 0 Å². The van der Waals surface area contributed by atoms with Gasteiger partial charge in [-0.05, 0) is 42.2 Å². The van der Waals surface area contributed by atoms with Crippen LogP contribution in [0.25, 0.3) is 0 Å². The van der Waals surface area contributed by atoms with E-state index in [1.54, 1.807) is 12.3 Å². The van der Waals surface area contributed by atoms with E-state index >= 15 is 0 Å². The summed E-state index contributed by atoms with van der Waals surface area (Å²) in [5.41, 5.74) is 0. The number of carbonyl (C=O) groups is 2. The predicted octanol–water partition coefficient (Wildman–Crippen LogP) is 1.83. The number of likely N-dealkylation sites (tertiary alicyclic amines) is 1. The molecule has 3 fully saturated rings. The molecule has 2 saturated carbocycles. The van der Waals surface area contributed by atoms with Crippen LogP contribution in [-0.2, 0) is 16.1 Å². The molecule has 6 rings (SSSR count). The molecule has 1 saturated heterocycles. The molecule has 0 spiro atoms. The average Bonchev–Trinajstić information content (AvgIpc) is 3.08. The molecular formula is C16H15NO3. The van der Waals surface area contributed by atoms with Gasteiger partial charge < -0.3 is 4.42 Å². The second-order valence-electron chi connectivity index (χ2n) is 6.50. The van der Waals surface area contributed by atoms with Crippen LogP contribution in [0.3, 0.4) is 0 Å². The van der Waals surface area contributed by atoms with Crippen LogP contribution < -0.4 is 0 Å². The molecule has 1 aromatic rings. The molecule has 1 aliphatic heterocycles. The maximum absolute atomic E-state index is 12.7. The first-order valence-corrected chi connectivity index (χ1v) is 7.31. The van der Waals surface area contributed by atoms with Crippen molar-refractivity contribution in [3.8, 4) is 0 Å². The Kier molecular flexibility index (Phi) is 1.87. The number of imide groups is 1. The third-order valence-corrected chi connectivity index (χ3v) is 5.65. The third-order valence-electron chi connectivity index (χ3n) is 5.65. The maximum Gasteiger partial charge on any atom is 0.234 e. The van der Waals surface area contributed by atoms with Crippen molar-refractivity contribution in [1.29, 1.82) is 0 Å². The summed E-state index contributed by atoms with van der Waals surface area (Å²) in [4.78, 5) is 26.7. The number of nitrogens with zero attached hydrogens (tertiary/aromatic N) is 1. The summed E-state index contributed by atoms with van der Waals surface area (Å²) in [5.74, 6) is 2.42.